The number of benzene rings is 1. The van der Waals surface area contributed by atoms with Crippen LogP contribution in [0.25, 0.3) is 0 Å². The van der Waals surface area contributed by atoms with Crippen LogP contribution in [0.3, 0.4) is 0 Å². The highest BCUT2D eigenvalue weighted by molar-refractivity contribution is 5.78. The number of ether oxygens (including phenoxy) is 1. The van der Waals surface area contributed by atoms with Crippen molar-refractivity contribution in [2.24, 2.45) is 0 Å². The van der Waals surface area contributed by atoms with Crippen LogP contribution in [0.15, 0.2) is 36.7 Å². The number of aromatic amines is 1. The molecule has 1 amide bonds. The first kappa shape index (κ1) is 22.0. The summed E-state index contributed by atoms with van der Waals surface area (Å²) in [6.45, 7) is 3.22. The number of fused-ring (bicyclic) bond motifs is 2. The zero-order valence-electron chi connectivity index (χ0n) is 19.7. The molecule has 0 bridgehead atoms. The molecule has 10 heteroatoms. The molecule has 35 heavy (non-hydrogen) atoms. The molecule has 2 N–H and O–H groups in total. The van der Waals surface area contributed by atoms with Crippen molar-refractivity contribution in [2.45, 2.75) is 50.8 Å². The minimum Gasteiger partial charge on any atom is -0.473 e. The molecule has 1 fully saturated rings. The fourth-order valence-corrected chi connectivity index (χ4v) is 5.38. The van der Waals surface area contributed by atoms with Crippen molar-refractivity contribution in [3.8, 4) is 5.88 Å². The smallest absolute Gasteiger partial charge is 0.237 e. The summed E-state index contributed by atoms with van der Waals surface area (Å²) in [4.78, 5) is 25.7. The van der Waals surface area contributed by atoms with Crippen LogP contribution in [0.5, 0.6) is 5.88 Å². The highest BCUT2D eigenvalue weighted by Gasteiger charge is 2.28. The van der Waals surface area contributed by atoms with E-state index in [-0.39, 0.29) is 12.0 Å². The zero-order valence-corrected chi connectivity index (χ0v) is 19.7. The number of rotatable bonds is 6. The van der Waals surface area contributed by atoms with Crippen molar-refractivity contribution in [1.82, 2.24) is 35.2 Å². The zero-order chi connectivity index (χ0) is 23.6. The Labute approximate surface area is 204 Å². The Hall–Kier alpha value is -3.53. The summed E-state index contributed by atoms with van der Waals surface area (Å²) in [7, 11) is 0. The van der Waals surface area contributed by atoms with E-state index in [0.717, 1.165) is 55.9 Å². The van der Waals surface area contributed by atoms with E-state index in [9.17, 15) is 4.79 Å². The maximum absolute atomic E-state index is 12.9. The predicted molar refractivity (Wildman–Crippen MR) is 129 cm³/mol. The van der Waals surface area contributed by atoms with E-state index in [1.165, 1.54) is 11.1 Å². The molecule has 2 aliphatic heterocycles. The molecule has 1 atom stereocenters. The maximum Gasteiger partial charge on any atom is 0.237 e. The Morgan fingerprint density at radius 1 is 1.11 bits per heavy atom. The van der Waals surface area contributed by atoms with Crippen LogP contribution >= 0.6 is 0 Å². The molecular formula is C25H30N8O2. The number of hydrogen-bond acceptors (Lipinski definition) is 8. The summed E-state index contributed by atoms with van der Waals surface area (Å²) >= 11 is 0. The monoisotopic (exact) mass is 474 g/mol. The summed E-state index contributed by atoms with van der Waals surface area (Å²) in [6.07, 6.45) is 6.23. The van der Waals surface area contributed by atoms with Gasteiger partial charge in [-0.1, -0.05) is 24.3 Å². The van der Waals surface area contributed by atoms with Crippen LogP contribution in [-0.2, 0) is 30.6 Å². The Morgan fingerprint density at radius 3 is 2.80 bits per heavy atom. The molecule has 10 nitrogen and oxygen atoms in total. The van der Waals surface area contributed by atoms with E-state index in [4.69, 9.17) is 4.74 Å². The van der Waals surface area contributed by atoms with E-state index < -0.39 is 0 Å². The molecule has 1 unspecified atom stereocenters. The summed E-state index contributed by atoms with van der Waals surface area (Å²) in [6, 6.07) is 10.8. The average molecular weight is 475 g/mol. The summed E-state index contributed by atoms with van der Waals surface area (Å²) in [5, 5.41) is 14.5. The van der Waals surface area contributed by atoms with E-state index in [0.29, 0.717) is 38.1 Å². The second-order valence-electron chi connectivity index (χ2n) is 9.66. The van der Waals surface area contributed by atoms with Gasteiger partial charge in [-0.15, -0.1) is 0 Å². The molecule has 0 saturated carbocycles. The molecule has 1 saturated heterocycles. The molecule has 4 heterocycles. The number of hydrogen-bond donors (Lipinski definition) is 2. The Morgan fingerprint density at radius 2 is 1.94 bits per heavy atom. The second kappa shape index (κ2) is 9.61. The summed E-state index contributed by atoms with van der Waals surface area (Å²) < 4.78 is 6.24. The molecular weight excluding hydrogens is 444 g/mol. The standard InChI is InChI=1S/C25H30N8O2/c34-25(33-9-7-21-22(14-33)30-31-29-21)15-32-8-3-6-20(13-32)35-24-12-23(26-16-27-24)28-19-10-17-4-1-2-5-18(17)11-19/h1-2,4-5,12,16,19-20H,3,6-11,13-15H2,(H,26,27,28)(H,29,30,31). The van der Waals surface area contributed by atoms with Crippen molar-refractivity contribution >= 4 is 11.7 Å². The highest BCUT2D eigenvalue weighted by Crippen LogP contribution is 2.25. The first-order valence-electron chi connectivity index (χ1n) is 12.4. The van der Waals surface area contributed by atoms with Crippen LogP contribution < -0.4 is 10.1 Å². The number of carbonyl (C=O) groups excluding carboxylic acids is 1. The van der Waals surface area contributed by atoms with Crippen LogP contribution in [-0.4, -0.2) is 79.4 Å². The van der Waals surface area contributed by atoms with Crippen molar-refractivity contribution in [2.75, 3.05) is 31.5 Å². The van der Waals surface area contributed by atoms with Gasteiger partial charge in [0.1, 0.15) is 23.9 Å². The third-order valence-electron chi connectivity index (χ3n) is 7.17. The number of nitrogens with zero attached hydrogens (tertiary/aromatic N) is 6. The van der Waals surface area contributed by atoms with Gasteiger partial charge in [0.2, 0.25) is 11.8 Å². The average Bonchev–Trinajstić information content (AvgIpc) is 3.50. The lowest BCUT2D eigenvalue weighted by molar-refractivity contribution is -0.134. The van der Waals surface area contributed by atoms with Crippen molar-refractivity contribution in [1.29, 1.82) is 0 Å². The number of piperidine rings is 1. The quantitative estimate of drug-likeness (QED) is 0.554. The van der Waals surface area contributed by atoms with Crippen LogP contribution in [0.2, 0.25) is 0 Å². The van der Waals surface area contributed by atoms with Gasteiger partial charge in [0.15, 0.2) is 0 Å². The minimum absolute atomic E-state index is 0.00136. The third kappa shape index (κ3) is 4.97. The lowest BCUT2D eigenvalue weighted by atomic mass is 10.1. The van der Waals surface area contributed by atoms with Gasteiger partial charge in [-0.3, -0.25) is 9.69 Å². The molecule has 2 aromatic heterocycles. The maximum atomic E-state index is 12.9. The third-order valence-corrected chi connectivity index (χ3v) is 7.17. The predicted octanol–water partition coefficient (Wildman–Crippen LogP) is 1.60. The van der Waals surface area contributed by atoms with Gasteiger partial charge in [0, 0.05) is 31.6 Å². The van der Waals surface area contributed by atoms with Gasteiger partial charge in [-0.25, -0.2) is 9.97 Å². The van der Waals surface area contributed by atoms with Gasteiger partial charge < -0.3 is 15.0 Å². The second-order valence-corrected chi connectivity index (χ2v) is 9.66. The fraction of sp³-hybridized carbons (Fsp3) is 0.480. The molecule has 3 aromatic rings. The first-order chi connectivity index (χ1) is 17.2. The Balaban J connectivity index is 1.02. The highest BCUT2D eigenvalue weighted by atomic mass is 16.5. The van der Waals surface area contributed by atoms with Gasteiger partial charge >= 0.3 is 0 Å². The number of carbonyl (C=O) groups is 1. The normalized spacial score (nSPS) is 20.3. The number of aromatic nitrogens is 5. The van der Waals surface area contributed by atoms with Crippen molar-refractivity contribution in [3.05, 3.63) is 59.2 Å². The van der Waals surface area contributed by atoms with E-state index in [1.54, 1.807) is 6.33 Å². The van der Waals surface area contributed by atoms with Gasteiger partial charge in [0.25, 0.3) is 0 Å². The van der Waals surface area contributed by atoms with E-state index >= 15 is 0 Å². The first-order valence-corrected chi connectivity index (χ1v) is 12.4. The van der Waals surface area contributed by atoms with Gasteiger partial charge in [-0.05, 0) is 43.4 Å². The van der Waals surface area contributed by atoms with Gasteiger partial charge in [-0.2, -0.15) is 15.4 Å². The Kier molecular flexibility index (Phi) is 6.03. The largest absolute Gasteiger partial charge is 0.473 e. The SMILES string of the molecule is O=C(CN1CCCC(Oc2cc(NC3Cc4ccccc4C3)ncn2)C1)N1CCc2n[nH]nc2C1. The molecule has 3 aliphatic rings. The van der Waals surface area contributed by atoms with Crippen LogP contribution in [0.1, 0.15) is 35.4 Å². The van der Waals surface area contributed by atoms with Gasteiger partial charge in [0.05, 0.1) is 18.8 Å². The molecule has 0 radical (unpaired) electrons. The summed E-state index contributed by atoms with van der Waals surface area (Å²) in [5.74, 6) is 1.49. The van der Waals surface area contributed by atoms with Crippen molar-refractivity contribution < 1.29 is 9.53 Å². The molecule has 0 spiro atoms. The number of anilines is 1. The molecule has 182 valence electrons. The fourth-order valence-electron chi connectivity index (χ4n) is 5.38. The number of H-pyrrole nitrogens is 1. The minimum atomic E-state index is -0.00136. The number of amides is 1. The number of nitrogens with one attached hydrogen (secondary N) is 2. The van der Waals surface area contributed by atoms with Crippen LogP contribution in [0.4, 0.5) is 5.82 Å². The lowest BCUT2D eigenvalue weighted by Gasteiger charge is -2.34. The molecule has 6 rings (SSSR count). The van der Waals surface area contributed by atoms with E-state index in [2.05, 4.69) is 59.9 Å². The summed E-state index contributed by atoms with van der Waals surface area (Å²) in [5.41, 5.74) is 4.65. The Bertz CT molecular complexity index is 1170. The van der Waals surface area contributed by atoms with E-state index in [1.807, 2.05) is 11.0 Å². The van der Waals surface area contributed by atoms with Crippen molar-refractivity contribution in [3.63, 3.8) is 0 Å². The molecule has 1 aliphatic carbocycles. The molecule has 1 aromatic carbocycles. The topological polar surface area (TPSA) is 112 Å². The lowest BCUT2D eigenvalue weighted by Crippen LogP contribution is -2.47. The number of likely N-dealkylation sites (tertiary alicyclic amines) is 1. The van der Waals surface area contributed by atoms with Crippen LogP contribution in [0, 0.1) is 0 Å².